The number of ether oxygens (including phenoxy) is 1. The molecule has 198 valence electrons. The SMILES string of the molecule is COc1ccc2ncc(Cl)c(C(O)CCC3(CC(=O)O)CCN(CCCCc4cccnc4)CC3)c2c1. The Kier molecular flexibility index (Phi) is 9.35. The monoisotopic (exact) mass is 525 g/mol. The number of likely N-dealkylation sites (tertiary alicyclic amines) is 1. The van der Waals surface area contributed by atoms with Gasteiger partial charge in [-0.05, 0) is 99.8 Å². The lowest BCUT2D eigenvalue weighted by molar-refractivity contribution is -0.141. The summed E-state index contributed by atoms with van der Waals surface area (Å²) in [5, 5.41) is 22.1. The van der Waals surface area contributed by atoms with Gasteiger partial charge in [-0.2, -0.15) is 0 Å². The third-order valence-electron chi connectivity index (χ3n) is 7.71. The Balaban J connectivity index is 1.35. The van der Waals surface area contributed by atoms with Gasteiger partial charge in [-0.3, -0.25) is 14.8 Å². The van der Waals surface area contributed by atoms with Crippen molar-refractivity contribution in [1.29, 1.82) is 0 Å². The van der Waals surface area contributed by atoms with Crippen molar-refractivity contribution in [3.8, 4) is 5.75 Å². The van der Waals surface area contributed by atoms with Crippen molar-refractivity contribution in [3.63, 3.8) is 0 Å². The fraction of sp³-hybridized carbons (Fsp3) is 0.483. The second-order valence-corrected chi connectivity index (χ2v) is 10.6. The molecule has 3 heterocycles. The molecule has 1 unspecified atom stereocenters. The molecule has 0 bridgehead atoms. The number of aliphatic hydroxyl groups excluding tert-OH is 1. The Labute approximate surface area is 223 Å². The van der Waals surface area contributed by atoms with Gasteiger partial charge in [-0.1, -0.05) is 17.7 Å². The van der Waals surface area contributed by atoms with Gasteiger partial charge in [0.15, 0.2) is 0 Å². The average Bonchev–Trinajstić information content (AvgIpc) is 2.90. The highest BCUT2D eigenvalue weighted by Crippen LogP contribution is 2.43. The molecule has 1 saturated heterocycles. The van der Waals surface area contributed by atoms with E-state index in [2.05, 4.69) is 20.9 Å². The zero-order chi connectivity index (χ0) is 26.3. The van der Waals surface area contributed by atoms with Crippen LogP contribution in [-0.2, 0) is 11.2 Å². The van der Waals surface area contributed by atoms with Crippen molar-refractivity contribution >= 4 is 28.5 Å². The van der Waals surface area contributed by atoms with Gasteiger partial charge < -0.3 is 19.8 Å². The molecule has 1 aliphatic heterocycles. The summed E-state index contributed by atoms with van der Waals surface area (Å²) in [5.74, 6) is -0.114. The Hall–Kier alpha value is -2.74. The Morgan fingerprint density at radius 1 is 1.22 bits per heavy atom. The minimum absolute atomic E-state index is 0.118. The summed E-state index contributed by atoms with van der Waals surface area (Å²) >= 11 is 6.49. The predicted octanol–water partition coefficient (Wildman–Crippen LogP) is 5.69. The molecule has 0 saturated carbocycles. The number of aliphatic hydroxyl groups is 1. The summed E-state index contributed by atoms with van der Waals surface area (Å²) in [6, 6.07) is 9.60. The number of aliphatic carboxylic acids is 1. The average molecular weight is 526 g/mol. The number of carboxylic acids is 1. The first-order valence-electron chi connectivity index (χ1n) is 13.0. The predicted molar refractivity (Wildman–Crippen MR) is 145 cm³/mol. The number of fused-ring (bicyclic) bond motifs is 1. The van der Waals surface area contributed by atoms with Gasteiger partial charge in [0.25, 0.3) is 0 Å². The molecule has 7 nitrogen and oxygen atoms in total. The lowest BCUT2D eigenvalue weighted by Crippen LogP contribution is -2.41. The quantitative estimate of drug-likeness (QED) is 0.293. The maximum absolute atomic E-state index is 11.8. The molecule has 0 amide bonds. The molecule has 37 heavy (non-hydrogen) atoms. The van der Waals surface area contributed by atoms with Crippen molar-refractivity contribution < 1.29 is 19.7 Å². The fourth-order valence-electron chi connectivity index (χ4n) is 5.52. The number of halogens is 1. The lowest BCUT2D eigenvalue weighted by Gasteiger charge is -2.41. The zero-order valence-electron chi connectivity index (χ0n) is 21.4. The van der Waals surface area contributed by atoms with E-state index in [0.717, 1.165) is 62.6 Å². The van der Waals surface area contributed by atoms with Crippen molar-refractivity contribution in [2.75, 3.05) is 26.7 Å². The number of unbranched alkanes of at least 4 members (excludes halogenated alkanes) is 1. The summed E-state index contributed by atoms with van der Waals surface area (Å²) < 4.78 is 5.35. The van der Waals surface area contributed by atoms with Gasteiger partial charge in [0.1, 0.15) is 5.75 Å². The van der Waals surface area contributed by atoms with Crippen LogP contribution in [0, 0.1) is 5.41 Å². The fourth-order valence-corrected chi connectivity index (χ4v) is 5.79. The van der Waals surface area contributed by atoms with E-state index < -0.39 is 12.1 Å². The van der Waals surface area contributed by atoms with Crippen LogP contribution >= 0.6 is 11.6 Å². The molecule has 1 aliphatic rings. The van der Waals surface area contributed by atoms with Crippen molar-refractivity contribution in [3.05, 3.63) is 65.1 Å². The molecule has 0 spiro atoms. The molecular formula is C29H36ClN3O4. The standard InChI is InChI=1S/C29H36ClN3O4/c1-37-22-7-8-25-23(17-22)28(24(30)20-32-25)26(34)9-10-29(18-27(35)36)11-15-33(16-12-29)14-3-2-5-21-6-4-13-31-19-21/h4,6-8,13,17,19-20,26,34H,2-3,5,9-12,14-16,18H2,1H3,(H,35,36). The summed E-state index contributed by atoms with van der Waals surface area (Å²) in [4.78, 5) is 22.8. The molecule has 1 fully saturated rings. The minimum atomic E-state index is -0.818. The van der Waals surface area contributed by atoms with Crippen LogP contribution in [0.4, 0.5) is 0 Å². The third-order valence-corrected chi connectivity index (χ3v) is 8.01. The first-order valence-corrected chi connectivity index (χ1v) is 13.4. The van der Waals surface area contributed by atoms with E-state index in [1.54, 1.807) is 19.5 Å². The van der Waals surface area contributed by atoms with Crippen LogP contribution < -0.4 is 4.74 Å². The number of methoxy groups -OCH3 is 1. The molecule has 4 rings (SSSR count). The first-order chi connectivity index (χ1) is 17.9. The van der Waals surface area contributed by atoms with Gasteiger partial charge in [0, 0.05) is 29.5 Å². The zero-order valence-corrected chi connectivity index (χ0v) is 22.2. The highest BCUT2D eigenvalue weighted by molar-refractivity contribution is 6.32. The maximum atomic E-state index is 11.8. The van der Waals surface area contributed by atoms with Crippen molar-refractivity contribution in [1.82, 2.24) is 14.9 Å². The molecule has 0 radical (unpaired) electrons. The number of nitrogens with zero attached hydrogens (tertiary/aromatic N) is 3. The normalized spacial score (nSPS) is 16.5. The molecule has 2 N–H and O–H groups in total. The molecule has 1 aromatic carbocycles. The summed E-state index contributed by atoms with van der Waals surface area (Å²) in [6.45, 7) is 2.78. The van der Waals surface area contributed by atoms with Gasteiger partial charge in [0.2, 0.25) is 0 Å². The van der Waals surface area contributed by atoms with Crippen molar-refractivity contribution in [2.24, 2.45) is 5.41 Å². The smallest absolute Gasteiger partial charge is 0.303 e. The Bertz CT molecular complexity index is 1180. The Morgan fingerprint density at radius 3 is 2.73 bits per heavy atom. The molecule has 8 heteroatoms. The van der Waals surface area contributed by atoms with Crippen LogP contribution in [0.25, 0.3) is 10.9 Å². The minimum Gasteiger partial charge on any atom is -0.497 e. The number of pyridine rings is 2. The number of piperidine rings is 1. The first kappa shape index (κ1) is 27.3. The van der Waals surface area contributed by atoms with Gasteiger partial charge in [0.05, 0.1) is 30.2 Å². The Morgan fingerprint density at radius 2 is 2.03 bits per heavy atom. The third kappa shape index (κ3) is 7.18. The number of aryl methyl sites for hydroxylation is 1. The van der Waals surface area contributed by atoms with E-state index in [-0.39, 0.29) is 11.8 Å². The van der Waals surface area contributed by atoms with Gasteiger partial charge in [-0.25, -0.2) is 0 Å². The second-order valence-electron chi connectivity index (χ2n) is 10.2. The van der Waals surface area contributed by atoms with Gasteiger partial charge in [-0.15, -0.1) is 0 Å². The number of carbonyl (C=O) groups is 1. The number of hydrogen-bond acceptors (Lipinski definition) is 6. The maximum Gasteiger partial charge on any atom is 0.303 e. The number of benzene rings is 1. The van der Waals surface area contributed by atoms with Crippen LogP contribution in [-0.4, -0.2) is 57.8 Å². The number of rotatable bonds is 12. The number of carboxylic acid groups (broad SMARTS) is 1. The largest absolute Gasteiger partial charge is 0.497 e. The van der Waals surface area contributed by atoms with E-state index >= 15 is 0 Å². The number of hydrogen-bond donors (Lipinski definition) is 2. The van der Waals surface area contributed by atoms with Crippen LogP contribution in [0.2, 0.25) is 5.02 Å². The van der Waals surface area contributed by atoms with Crippen molar-refractivity contribution in [2.45, 2.75) is 57.5 Å². The van der Waals surface area contributed by atoms with Crippen LogP contribution in [0.1, 0.15) is 62.2 Å². The summed E-state index contributed by atoms with van der Waals surface area (Å²) in [5.41, 5.74) is 2.30. The van der Waals surface area contributed by atoms with E-state index in [0.29, 0.717) is 29.2 Å². The summed E-state index contributed by atoms with van der Waals surface area (Å²) in [6.07, 6.45) is 10.5. The van der Waals surface area contributed by atoms with E-state index in [9.17, 15) is 15.0 Å². The topological polar surface area (TPSA) is 95.8 Å². The van der Waals surface area contributed by atoms with E-state index in [1.165, 1.54) is 5.56 Å². The van der Waals surface area contributed by atoms with Crippen LogP contribution in [0.3, 0.4) is 0 Å². The molecular weight excluding hydrogens is 490 g/mol. The number of aromatic nitrogens is 2. The van der Waals surface area contributed by atoms with Gasteiger partial charge >= 0.3 is 5.97 Å². The summed E-state index contributed by atoms with van der Waals surface area (Å²) in [7, 11) is 1.60. The molecule has 3 aromatic rings. The lowest BCUT2D eigenvalue weighted by atomic mass is 9.71. The molecule has 0 aliphatic carbocycles. The highest BCUT2D eigenvalue weighted by Gasteiger charge is 2.37. The molecule has 2 aromatic heterocycles. The van der Waals surface area contributed by atoms with Crippen LogP contribution in [0.15, 0.2) is 48.9 Å². The van der Waals surface area contributed by atoms with Crippen LogP contribution in [0.5, 0.6) is 5.75 Å². The molecule has 1 atom stereocenters. The highest BCUT2D eigenvalue weighted by atomic mass is 35.5. The second kappa shape index (κ2) is 12.7. The van der Waals surface area contributed by atoms with E-state index in [4.69, 9.17) is 16.3 Å². The van der Waals surface area contributed by atoms with E-state index in [1.807, 2.05) is 30.5 Å².